The van der Waals surface area contributed by atoms with Gasteiger partial charge in [0.2, 0.25) is 0 Å². The normalized spacial score (nSPS) is 18.9. The molecule has 1 aliphatic heterocycles. The highest BCUT2D eigenvalue weighted by Crippen LogP contribution is 2.27. The summed E-state index contributed by atoms with van der Waals surface area (Å²) in [6.07, 6.45) is 0. The first-order valence-electron chi connectivity index (χ1n) is 7.51. The van der Waals surface area contributed by atoms with Crippen molar-refractivity contribution in [1.82, 2.24) is 4.90 Å². The van der Waals surface area contributed by atoms with Crippen molar-refractivity contribution in [3.63, 3.8) is 0 Å². The number of nitrogens with two attached hydrogens (primary N) is 1. The number of nitrogens with zero attached hydrogens (tertiary/aromatic N) is 2. The monoisotopic (exact) mass is 295 g/mol. The summed E-state index contributed by atoms with van der Waals surface area (Å²) >= 11 is 0. The van der Waals surface area contributed by atoms with Crippen molar-refractivity contribution in [2.45, 2.75) is 32.4 Å². The van der Waals surface area contributed by atoms with Crippen molar-refractivity contribution < 1.29 is 9.50 Å². The van der Waals surface area contributed by atoms with Gasteiger partial charge in [-0.1, -0.05) is 0 Å². The summed E-state index contributed by atoms with van der Waals surface area (Å²) in [7, 11) is 0. The molecule has 1 aromatic carbocycles. The summed E-state index contributed by atoms with van der Waals surface area (Å²) in [5.74, 6) is -0.244. The number of rotatable bonds is 4. The van der Waals surface area contributed by atoms with Gasteiger partial charge in [0.05, 0.1) is 5.60 Å². The first-order chi connectivity index (χ1) is 9.76. The number of β-amino-alcohol motifs (C(OH)–C–C–N with tert-alkyl or cyclic N) is 1. The number of aliphatic hydroxyl groups is 1. The van der Waals surface area contributed by atoms with Crippen LogP contribution in [0, 0.1) is 5.82 Å². The minimum atomic E-state index is -0.672. The van der Waals surface area contributed by atoms with Crippen LogP contribution in [0.15, 0.2) is 18.2 Å². The number of piperazine rings is 1. The minimum absolute atomic E-state index is 0.190. The molecule has 0 amide bonds. The molecular weight excluding hydrogens is 269 g/mol. The fourth-order valence-electron chi connectivity index (χ4n) is 2.87. The topological polar surface area (TPSA) is 52.7 Å². The molecule has 0 aromatic heterocycles. The van der Waals surface area contributed by atoms with Crippen LogP contribution >= 0.6 is 0 Å². The highest BCUT2D eigenvalue weighted by Gasteiger charge is 2.24. The Morgan fingerprint density at radius 1 is 1.29 bits per heavy atom. The van der Waals surface area contributed by atoms with Gasteiger partial charge in [0.1, 0.15) is 5.82 Å². The van der Waals surface area contributed by atoms with Crippen molar-refractivity contribution >= 4 is 5.69 Å². The number of benzene rings is 1. The maximum absolute atomic E-state index is 13.4. The Bertz CT molecular complexity index is 477. The van der Waals surface area contributed by atoms with E-state index in [0.717, 1.165) is 37.4 Å². The van der Waals surface area contributed by atoms with Crippen LogP contribution in [0.25, 0.3) is 0 Å². The van der Waals surface area contributed by atoms with Gasteiger partial charge in [-0.05, 0) is 44.5 Å². The first kappa shape index (κ1) is 16.2. The number of hydrogen-bond donors (Lipinski definition) is 2. The Kier molecular flexibility index (Phi) is 4.86. The molecule has 4 nitrogen and oxygen atoms in total. The van der Waals surface area contributed by atoms with Crippen molar-refractivity contribution in [3.05, 3.63) is 29.6 Å². The van der Waals surface area contributed by atoms with Gasteiger partial charge in [-0.2, -0.15) is 0 Å². The van der Waals surface area contributed by atoms with Crippen LogP contribution in [0.3, 0.4) is 0 Å². The summed E-state index contributed by atoms with van der Waals surface area (Å²) in [5, 5.41) is 9.89. The Balaban J connectivity index is 2.06. The zero-order valence-electron chi connectivity index (χ0n) is 13.1. The molecule has 1 saturated heterocycles. The van der Waals surface area contributed by atoms with Gasteiger partial charge in [-0.3, -0.25) is 4.90 Å². The molecule has 0 radical (unpaired) electrons. The number of halogens is 1. The quantitative estimate of drug-likeness (QED) is 0.888. The fourth-order valence-corrected chi connectivity index (χ4v) is 2.87. The summed E-state index contributed by atoms with van der Waals surface area (Å²) in [6, 6.07) is 4.65. The molecule has 2 rings (SSSR count). The molecule has 1 aromatic rings. The van der Waals surface area contributed by atoms with Crippen LogP contribution in [-0.2, 0) is 0 Å². The lowest BCUT2D eigenvalue weighted by Gasteiger charge is -2.39. The van der Waals surface area contributed by atoms with Gasteiger partial charge in [0.25, 0.3) is 0 Å². The van der Waals surface area contributed by atoms with Crippen LogP contribution in [0.2, 0.25) is 0 Å². The van der Waals surface area contributed by atoms with Crippen molar-refractivity contribution in [1.29, 1.82) is 0 Å². The van der Waals surface area contributed by atoms with E-state index in [1.165, 1.54) is 12.1 Å². The third-order valence-electron chi connectivity index (χ3n) is 3.80. The van der Waals surface area contributed by atoms with Crippen molar-refractivity contribution in [2.75, 3.05) is 37.6 Å². The van der Waals surface area contributed by atoms with Gasteiger partial charge in [0, 0.05) is 44.5 Å². The zero-order valence-corrected chi connectivity index (χ0v) is 13.1. The lowest BCUT2D eigenvalue weighted by Crippen LogP contribution is -2.50. The molecule has 118 valence electrons. The first-order valence-corrected chi connectivity index (χ1v) is 7.51. The maximum atomic E-state index is 13.4. The Morgan fingerprint density at radius 2 is 1.90 bits per heavy atom. The lowest BCUT2D eigenvalue weighted by molar-refractivity contribution is 0.0345. The van der Waals surface area contributed by atoms with Crippen molar-refractivity contribution in [3.8, 4) is 0 Å². The second-order valence-electron chi connectivity index (χ2n) is 6.57. The highest BCUT2D eigenvalue weighted by atomic mass is 19.1. The molecule has 21 heavy (non-hydrogen) atoms. The Labute approximate surface area is 126 Å². The average molecular weight is 295 g/mol. The summed E-state index contributed by atoms with van der Waals surface area (Å²) in [4.78, 5) is 4.50. The predicted octanol–water partition coefficient (Wildman–Crippen LogP) is 1.74. The van der Waals surface area contributed by atoms with Crippen LogP contribution in [-0.4, -0.2) is 48.3 Å². The van der Waals surface area contributed by atoms with E-state index < -0.39 is 5.60 Å². The minimum Gasteiger partial charge on any atom is -0.389 e. The van der Waals surface area contributed by atoms with E-state index >= 15 is 0 Å². The zero-order chi connectivity index (χ0) is 15.6. The molecule has 0 unspecified atom stereocenters. The second-order valence-corrected chi connectivity index (χ2v) is 6.57. The Hall–Kier alpha value is -1.17. The molecule has 1 fully saturated rings. The summed E-state index contributed by atoms with van der Waals surface area (Å²) in [6.45, 7) is 9.71. The fraction of sp³-hybridized carbons (Fsp3) is 0.625. The van der Waals surface area contributed by atoms with E-state index in [4.69, 9.17) is 5.73 Å². The van der Waals surface area contributed by atoms with Gasteiger partial charge in [-0.25, -0.2) is 4.39 Å². The number of hydrogen-bond acceptors (Lipinski definition) is 4. The van der Waals surface area contributed by atoms with Crippen molar-refractivity contribution in [2.24, 2.45) is 5.73 Å². The third kappa shape index (κ3) is 4.40. The molecule has 0 aliphatic carbocycles. The van der Waals surface area contributed by atoms with E-state index in [1.54, 1.807) is 0 Å². The molecule has 0 spiro atoms. The van der Waals surface area contributed by atoms with Crippen LogP contribution in [0.4, 0.5) is 10.1 Å². The molecule has 5 heteroatoms. The van der Waals surface area contributed by atoms with E-state index in [9.17, 15) is 9.50 Å². The average Bonchev–Trinajstić information content (AvgIpc) is 2.38. The van der Waals surface area contributed by atoms with Crippen LogP contribution in [0.1, 0.15) is 32.4 Å². The molecule has 1 heterocycles. The largest absolute Gasteiger partial charge is 0.389 e. The van der Waals surface area contributed by atoms with Crippen LogP contribution < -0.4 is 10.6 Å². The smallest absolute Gasteiger partial charge is 0.123 e. The van der Waals surface area contributed by atoms with Gasteiger partial charge >= 0.3 is 0 Å². The molecule has 0 bridgehead atoms. The van der Waals surface area contributed by atoms with E-state index in [-0.39, 0.29) is 11.9 Å². The molecular formula is C16H26FN3O. The second kappa shape index (κ2) is 6.30. The summed E-state index contributed by atoms with van der Waals surface area (Å²) in [5.41, 5.74) is 7.17. The van der Waals surface area contributed by atoms with E-state index in [1.807, 2.05) is 26.8 Å². The van der Waals surface area contributed by atoms with Crippen LogP contribution in [0.5, 0.6) is 0 Å². The van der Waals surface area contributed by atoms with Gasteiger partial charge in [-0.15, -0.1) is 0 Å². The number of anilines is 1. The standard InChI is InChI=1S/C16H26FN3O/c1-12(18)14-10-13(17)4-5-15(14)20-8-6-19(7-9-20)11-16(2,3)21/h4-5,10,12,21H,6-9,11,18H2,1-3H3/t12-/m1/s1. The highest BCUT2D eigenvalue weighted by molar-refractivity contribution is 5.55. The predicted molar refractivity (Wildman–Crippen MR) is 84.0 cm³/mol. The van der Waals surface area contributed by atoms with Gasteiger partial charge < -0.3 is 15.7 Å². The van der Waals surface area contributed by atoms with E-state index in [0.29, 0.717) is 6.54 Å². The SMILES string of the molecule is C[C@@H](N)c1cc(F)ccc1N1CCN(CC(C)(C)O)CC1. The molecule has 3 N–H and O–H groups in total. The molecule has 1 aliphatic rings. The Morgan fingerprint density at radius 3 is 2.43 bits per heavy atom. The summed E-state index contributed by atoms with van der Waals surface area (Å²) < 4.78 is 13.4. The van der Waals surface area contributed by atoms with Gasteiger partial charge in [0.15, 0.2) is 0 Å². The van der Waals surface area contributed by atoms with E-state index in [2.05, 4.69) is 9.80 Å². The third-order valence-corrected chi connectivity index (χ3v) is 3.80. The maximum Gasteiger partial charge on any atom is 0.123 e. The molecule has 1 atom stereocenters. The molecule has 0 saturated carbocycles. The lowest BCUT2D eigenvalue weighted by atomic mass is 10.0.